The van der Waals surface area contributed by atoms with E-state index in [9.17, 15) is 4.79 Å². The molecule has 2 rings (SSSR count). The summed E-state index contributed by atoms with van der Waals surface area (Å²) in [6.07, 6.45) is 5.82. The highest BCUT2D eigenvalue weighted by molar-refractivity contribution is 6.27. The Hall–Kier alpha value is -1.63. The molecule has 0 aromatic carbocycles. The zero-order valence-corrected chi connectivity index (χ0v) is 14.0. The monoisotopic (exact) mass is 328 g/mol. The van der Waals surface area contributed by atoms with Crippen LogP contribution < -0.4 is 0 Å². The van der Waals surface area contributed by atoms with Gasteiger partial charge in [0.25, 0.3) is 0 Å². The Kier molecular flexibility index (Phi) is 8.02. The van der Waals surface area contributed by atoms with Crippen LogP contribution in [0, 0.1) is 5.92 Å². The molecule has 2 heterocycles. The standard InChI is InChI=1S/C14H26N2O.C2H2O4/c1-12(2)11-14(17)16-9-5-13(6-10-16)15-7-3-4-8-15;3-1(4)2(5)6/h12-13H,3-11H2,1-2H3;(H,3,4)(H,5,6). The van der Waals surface area contributed by atoms with Gasteiger partial charge in [0.15, 0.2) is 0 Å². The van der Waals surface area contributed by atoms with Gasteiger partial charge in [-0.1, -0.05) is 13.8 Å². The molecule has 2 fully saturated rings. The number of hydrogen-bond acceptors (Lipinski definition) is 4. The lowest BCUT2D eigenvalue weighted by molar-refractivity contribution is -0.159. The molecule has 2 N–H and O–H groups in total. The number of aliphatic carboxylic acids is 2. The highest BCUT2D eigenvalue weighted by Crippen LogP contribution is 2.21. The van der Waals surface area contributed by atoms with Crippen LogP contribution in [0.4, 0.5) is 0 Å². The van der Waals surface area contributed by atoms with E-state index < -0.39 is 11.9 Å². The predicted molar refractivity (Wildman–Crippen MR) is 85.1 cm³/mol. The van der Waals surface area contributed by atoms with Crippen molar-refractivity contribution in [2.24, 2.45) is 5.92 Å². The van der Waals surface area contributed by atoms with E-state index in [0.717, 1.165) is 19.1 Å². The van der Waals surface area contributed by atoms with Crippen molar-refractivity contribution < 1.29 is 24.6 Å². The molecule has 1 amide bonds. The quantitative estimate of drug-likeness (QED) is 0.757. The van der Waals surface area contributed by atoms with E-state index in [0.29, 0.717) is 18.2 Å². The number of rotatable bonds is 3. The fourth-order valence-corrected chi connectivity index (χ4v) is 3.07. The number of carbonyl (C=O) groups is 3. The van der Waals surface area contributed by atoms with E-state index in [4.69, 9.17) is 19.8 Å². The molecule has 2 aliphatic heterocycles. The Morgan fingerprint density at radius 3 is 1.83 bits per heavy atom. The molecule has 0 spiro atoms. The Bertz CT molecular complexity index is 399. The average molecular weight is 328 g/mol. The fraction of sp³-hybridized carbons (Fsp3) is 0.812. The van der Waals surface area contributed by atoms with Crippen LogP contribution in [0.3, 0.4) is 0 Å². The molecule has 2 aliphatic rings. The highest BCUT2D eigenvalue weighted by Gasteiger charge is 2.28. The van der Waals surface area contributed by atoms with Crippen LogP contribution in [0.1, 0.15) is 46.0 Å². The molecule has 7 nitrogen and oxygen atoms in total. The summed E-state index contributed by atoms with van der Waals surface area (Å²) in [5.41, 5.74) is 0. The number of carbonyl (C=O) groups excluding carboxylic acids is 1. The van der Waals surface area contributed by atoms with Crippen LogP contribution in [0.2, 0.25) is 0 Å². The zero-order chi connectivity index (χ0) is 17.4. The van der Waals surface area contributed by atoms with Crippen LogP contribution in [0.15, 0.2) is 0 Å². The number of piperidine rings is 1. The number of nitrogens with zero attached hydrogens (tertiary/aromatic N) is 2. The minimum absolute atomic E-state index is 0.361. The van der Waals surface area contributed by atoms with E-state index >= 15 is 0 Å². The molecule has 0 saturated carbocycles. The molecule has 0 bridgehead atoms. The van der Waals surface area contributed by atoms with Gasteiger partial charge in [0.1, 0.15) is 0 Å². The predicted octanol–water partition coefficient (Wildman–Crippen LogP) is 1.27. The van der Waals surface area contributed by atoms with Gasteiger partial charge in [-0.15, -0.1) is 0 Å². The second-order valence-electron chi connectivity index (χ2n) is 6.56. The molecule has 23 heavy (non-hydrogen) atoms. The molecule has 0 unspecified atom stereocenters. The van der Waals surface area contributed by atoms with Crippen LogP contribution >= 0.6 is 0 Å². The van der Waals surface area contributed by atoms with Crippen molar-refractivity contribution in [1.82, 2.24) is 9.80 Å². The summed E-state index contributed by atoms with van der Waals surface area (Å²) in [6, 6.07) is 0.751. The van der Waals surface area contributed by atoms with Gasteiger partial charge in [-0.25, -0.2) is 9.59 Å². The number of carboxylic acid groups (broad SMARTS) is 2. The van der Waals surface area contributed by atoms with E-state index in [1.165, 1.54) is 38.8 Å². The van der Waals surface area contributed by atoms with Crippen molar-refractivity contribution in [3.8, 4) is 0 Å². The summed E-state index contributed by atoms with van der Waals surface area (Å²) in [5.74, 6) is -2.80. The summed E-state index contributed by atoms with van der Waals surface area (Å²) < 4.78 is 0. The second-order valence-corrected chi connectivity index (χ2v) is 6.56. The van der Waals surface area contributed by atoms with Crippen LogP contribution in [-0.4, -0.2) is 70.1 Å². The molecule has 7 heteroatoms. The molecule has 132 valence electrons. The molecule has 0 aromatic rings. The molecule has 0 aliphatic carbocycles. The lowest BCUT2D eigenvalue weighted by atomic mass is 10.0. The van der Waals surface area contributed by atoms with Gasteiger partial charge in [0.05, 0.1) is 0 Å². The van der Waals surface area contributed by atoms with Gasteiger partial charge in [0, 0.05) is 25.6 Å². The first-order chi connectivity index (χ1) is 10.8. The number of likely N-dealkylation sites (tertiary alicyclic amines) is 2. The van der Waals surface area contributed by atoms with Crippen molar-refractivity contribution in [2.75, 3.05) is 26.2 Å². The lowest BCUT2D eigenvalue weighted by Crippen LogP contribution is -2.46. The number of hydrogen-bond donors (Lipinski definition) is 2. The molecule has 0 aromatic heterocycles. The van der Waals surface area contributed by atoms with Crippen LogP contribution in [0.25, 0.3) is 0 Å². The first-order valence-electron chi connectivity index (χ1n) is 8.29. The molecular formula is C16H28N2O5. The van der Waals surface area contributed by atoms with Crippen molar-refractivity contribution in [2.45, 2.75) is 52.0 Å². The maximum atomic E-state index is 11.9. The first kappa shape index (κ1) is 19.4. The lowest BCUT2D eigenvalue weighted by Gasteiger charge is -2.37. The minimum atomic E-state index is -1.82. The zero-order valence-electron chi connectivity index (χ0n) is 14.0. The molecule has 0 radical (unpaired) electrons. The van der Waals surface area contributed by atoms with Crippen molar-refractivity contribution >= 4 is 17.8 Å². The third kappa shape index (κ3) is 6.99. The van der Waals surface area contributed by atoms with Gasteiger partial charge in [-0.05, 0) is 44.7 Å². The van der Waals surface area contributed by atoms with Crippen molar-refractivity contribution in [3.63, 3.8) is 0 Å². The molecule has 0 atom stereocenters. The van der Waals surface area contributed by atoms with E-state index in [1.807, 2.05) is 0 Å². The SMILES string of the molecule is CC(C)CC(=O)N1CCC(N2CCCC2)CC1.O=C(O)C(=O)O. The van der Waals surface area contributed by atoms with Crippen molar-refractivity contribution in [3.05, 3.63) is 0 Å². The summed E-state index contributed by atoms with van der Waals surface area (Å²) in [7, 11) is 0. The van der Waals surface area contributed by atoms with Gasteiger partial charge in [-0.3, -0.25) is 4.79 Å². The third-order valence-electron chi connectivity index (χ3n) is 4.24. The van der Waals surface area contributed by atoms with Crippen LogP contribution in [0.5, 0.6) is 0 Å². The molecule has 2 saturated heterocycles. The van der Waals surface area contributed by atoms with Gasteiger partial charge in [0.2, 0.25) is 5.91 Å². The number of amides is 1. The van der Waals surface area contributed by atoms with Gasteiger partial charge >= 0.3 is 11.9 Å². The Morgan fingerprint density at radius 1 is 0.957 bits per heavy atom. The minimum Gasteiger partial charge on any atom is -0.473 e. The normalized spacial score (nSPS) is 19.3. The second kappa shape index (κ2) is 9.50. The van der Waals surface area contributed by atoms with E-state index in [2.05, 4.69) is 23.6 Å². The summed E-state index contributed by atoms with van der Waals surface area (Å²) >= 11 is 0. The average Bonchev–Trinajstić information content (AvgIpc) is 3.01. The summed E-state index contributed by atoms with van der Waals surface area (Å²) in [6.45, 7) is 8.76. The summed E-state index contributed by atoms with van der Waals surface area (Å²) in [4.78, 5) is 34.9. The van der Waals surface area contributed by atoms with Crippen molar-refractivity contribution in [1.29, 1.82) is 0 Å². The van der Waals surface area contributed by atoms with E-state index in [-0.39, 0.29) is 0 Å². The largest absolute Gasteiger partial charge is 0.473 e. The van der Waals surface area contributed by atoms with Gasteiger partial charge < -0.3 is 20.0 Å². The number of carboxylic acids is 2. The third-order valence-corrected chi connectivity index (χ3v) is 4.24. The maximum Gasteiger partial charge on any atom is 0.414 e. The maximum absolute atomic E-state index is 11.9. The Morgan fingerprint density at radius 2 is 1.43 bits per heavy atom. The van der Waals surface area contributed by atoms with Crippen LogP contribution in [-0.2, 0) is 14.4 Å². The topological polar surface area (TPSA) is 98.2 Å². The fourth-order valence-electron chi connectivity index (χ4n) is 3.07. The smallest absolute Gasteiger partial charge is 0.414 e. The molecular weight excluding hydrogens is 300 g/mol. The Balaban J connectivity index is 0.000000379. The van der Waals surface area contributed by atoms with E-state index in [1.54, 1.807) is 0 Å². The van der Waals surface area contributed by atoms with Gasteiger partial charge in [-0.2, -0.15) is 0 Å². The Labute approximate surface area is 137 Å². The highest BCUT2D eigenvalue weighted by atomic mass is 16.4. The first-order valence-corrected chi connectivity index (χ1v) is 8.29. The summed E-state index contributed by atoms with van der Waals surface area (Å²) in [5, 5.41) is 14.8.